The molecule has 0 aromatic heterocycles. The fourth-order valence-corrected chi connectivity index (χ4v) is 4.14. The maximum Gasteiger partial charge on any atom is 0.307 e. The second-order valence-electron chi connectivity index (χ2n) is 5.40. The fourth-order valence-electron chi connectivity index (χ4n) is 2.51. The topological polar surface area (TPSA) is 74.7 Å². The van der Waals surface area contributed by atoms with Crippen LogP contribution in [0, 0.1) is 29.3 Å². The van der Waals surface area contributed by atoms with Crippen molar-refractivity contribution in [1.29, 1.82) is 0 Å². The average molecular weight is 337 g/mol. The smallest absolute Gasteiger partial charge is 0.307 e. The quantitative estimate of drug-likeness (QED) is 0.854. The molecular weight excluding hydrogens is 323 g/mol. The lowest BCUT2D eigenvalue weighted by atomic mass is 9.92. The number of hydrogen-bond acceptors (Lipinski definition) is 3. The highest BCUT2D eigenvalue weighted by Gasteiger charge is 2.36. The van der Waals surface area contributed by atoms with E-state index in [9.17, 15) is 26.4 Å². The summed E-state index contributed by atoms with van der Waals surface area (Å²) in [7, 11) is -4.30. The SMILES string of the molecule is CC1CC(C(=O)O)CN(S(=O)(=O)c2cc(F)c(F)c(F)c2)C1. The van der Waals surface area contributed by atoms with Crippen LogP contribution in [-0.2, 0) is 14.8 Å². The molecule has 5 nitrogen and oxygen atoms in total. The van der Waals surface area contributed by atoms with E-state index in [0.717, 1.165) is 4.31 Å². The van der Waals surface area contributed by atoms with Crippen molar-refractivity contribution in [3.05, 3.63) is 29.6 Å². The van der Waals surface area contributed by atoms with Crippen LogP contribution in [0.2, 0.25) is 0 Å². The molecule has 1 fully saturated rings. The number of hydrogen-bond donors (Lipinski definition) is 1. The summed E-state index contributed by atoms with van der Waals surface area (Å²) in [5, 5.41) is 9.04. The van der Waals surface area contributed by atoms with Gasteiger partial charge >= 0.3 is 5.97 Å². The molecule has 0 amide bonds. The standard InChI is InChI=1S/C13H14F3NO4S/c1-7-2-8(13(18)19)6-17(5-7)22(20,21)9-3-10(14)12(16)11(15)4-9/h3-4,7-8H,2,5-6H2,1H3,(H,18,19). The Morgan fingerprint density at radius 2 is 1.77 bits per heavy atom. The van der Waals surface area contributed by atoms with Gasteiger partial charge in [0.1, 0.15) is 0 Å². The maximum absolute atomic E-state index is 13.2. The van der Waals surface area contributed by atoms with Crippen molar-refractivity contribution >= 4 is 16.0 Å². The number of carboxylic acid groups (broad SMARTS) is 1. The highest BCUT2D eigenvalue weighted by Crippen LogP contribution is 2.28. The Labute approximate surface area is 125 Å². The van der Waals surface area contributed by atoms with Gasteiger partial charge in [-0.2, -0.15) is 4.31 Å². The number of carbonyl (C=O) groups is 1. The van der Waals surface area contributed by atoms with Crippen LogP contribution in [0.15, 0.2) is 17.0 Å². The number of carboxylic acids is 1. The van der Waals surface area contributed by atoms with Gasteiger partial charge in [-0.15, -0.1) is 0 Å². The zero-order chi connectivity index (χ0) is 16.7. The van der Waals surface area contributed by atoms with E-state index in [0.29, 0.717) is 18.6 Å². The van der Waals surface area contributed by atoms with Crippen molar-refractivity contribution in [3.63, 3.8) is 0 Å². The molecule has 0 saturated carbocycles. The molecule has 1 aliphatic rings. The molecule has 0 radical (unpaired) electrons. The molecule has 1 N–H and O–H groups in total. The van der Waals surface area contributed by atoms with E-state index in [1.807, 2.05) is 0 Å². The van der Waals surface area contributed by atoms with Gasteiger partial charge in [0.25, 0.3) is 0 Å². The summed E-state index contributed by atoms with van der Waals surface area (Å²) in [5.41, 5.74) is 0. The molecule has 1 aliphatic heterocycles. The van der Waals surface area contributed by atoms with Gasteiger partial charge in [-0.3, -0.25) is 4.79 Å². The van der Waals surface area contributed by atoms with Crippen molar-refractivity contribution in [1.82, 2.24) is 4.31 Å². The molecule has 2 atom stereocenters. The van der Waals surface area contributed by atoms with Crippen molar-refractivity contribution in [2.24, 2.45) is 11.8 Å². The summed E-state index contributed by atoms with van der Waals surface area (Å²) in [6.45, 7) is 1.43. The summed E-state index contributed by atoms with van der Waals surface area (Å²) in [5.74, 6) is -7.23. The minimum absolute atomic E-state index is 0.0345. The molecule has 0 aliphatic carbocycles. The van der Waals surface area contributed by atoms with E-state index < -0.39 is 44.3 Å². The molecular formula is C13H14F3NO4S. The average Bonchev–Trinajstić information content (AvgIpc) is 2.43. The summed E-state index contributed by atoms with van der Waals surface area (Å²) in [4.78, 5) is 10.3. The molecule has 1 aromatic rings. The molecule has 1 saturated heterocycles. The van der Waals surface area contributed by atoms with Crippen LogP contribution in [0.4, 0.5) is 13.2 Å². The van der Waals surface area contributed by atoms with Crippen molar-refractivity contribution in [2.45, 2.75) is 18.2 Å². The first-order valence-corrected chi connectivity index (χ1v) is 7.94. The monoisotopic (exact) mass is 337 g/mol. The minimum atomic E-state index is -4.30. The van der Waals surface area contributed by atoms with Gasteiger partial charge in [0, 0.05) is 13.1 Å². The highest BCUT2D eigenvalue weighted by molar-refractivity contribution is 7.89. The summed E-state index contributed by atoms with van der Waals surface area (Å²) in [6.07, 6.45) is 0.313. The number of nitrogens with zero attached hydrogens (tertiary/aromatic N) is 1. The predicted molar refractivity (Wildman–Crippen MR) is 70.0 cm³/mol. The molecule has 1 aromatic carbocycles. The van der Waals surface area contributed by atoms with Crippen LogP contribution in [0.25, 0.3) is 0 Å². The first kappa shape index (κ1) is 16.8. The second kappa shape index (κ2) is 5.88. The third kappa shape index (κ3) is 3.09. The van der Waals surface area contributed by atoms with Gasteiger partial charge < -0.3 is 5.11 Å². The molecule has 0 spiro atoms. The first-order chi connectivity index (χ1) is 10.1. The lowest BCUT2D eigenvalue weighted by molar-refractivity contribution is -0.143. The third-order valence-electron chi connectivity index (χ3n) is 3.57. The zero-order valence-corrected chi connectivity index (χ0v) is 12.4. The molecule has 22 heavy (non-hydrogen) atoms. The number of aliphatic carboxylic acids is 1. The van der Waals surface area contributed by atoms with E-state index in [4.69, 9.17) is 5.11 Å². The van der Waals surface area contributed by atoms with Crippen LogP contribution in [0.3, 0.4) is 0 Å². The fraction of sp³-hybridized carbons (Fsp3) is 0.462. The lowest BCUT2D eigenvalue weighted by Gasteiger charge is -2.33. The van der Waals surface area contributed by atoms with Crippen LogP contribution in [0.1, 0.15) is 13.3 Å². The number of sulfonamides is 1. The van der Waals surface area contributed by atoms with Crippen LogP contribution in [-0.4, -0.2) is 36.9 Å². The summed E-state index contributed by atoms with van der Waals surface area (Å²) >= 11 is 0. The first-order valence-electron chi connectivity index (χ1n) is 6.50. The van der Waals surface area contributed by atoms with Crippen molar-refractivity contribution < 1.29 is 31.5 Å². The van der Waals surface area contributed by atoms with E-state index in [-0.39, 0.29) is 19.0 Å². The maximum atomic E-state index is 13.2. The molecule has 2 rings (SSSR count). The molecule has 0 bridgehead atoms. The normalized spacial score (nSPS) is 23.5. The summed E-state index contributed by atoms with van der Waals surface area (Å²) < 4.78 is 65.0. The number of benzene rings is 1. The van der Waals surface area contributed by atoms with Gasteiger partial charge in [0.2, 0.25) is 10.0 Å². The van der Waals surface area contributed by atoms with Crippen molar-refractivity contribution in [2.75, 3.05) is 13.1 Å². The highest BCUT2D eigenvalue weighted by atomic mass is 32.2. The van der Waals surface area contributed by atoms with Gasteiger partial charge in [-0.1, -0.05) is 6.92 Å². The van der Waals surface area contributed by atoms with Gasteiger partial charge in [0.15, 0.2) is 17.5 Å². The summed E-state index contributed by atoms with van der Waals surface area (Å²) in [6, 6.07) is 0.783. The molecule has 1 heterocycles. The Morgan fingerprint density at radius 3 is 2.27 bits per heavy atom. The largest absolute Gasteiger partial charge is 0.481 e. The Balaban J connectivity index is 2.39. The second-order valence-corrected chi connectivity index (χ2v) is 7.34. The van der Waals surface area contributed by atoms with E-state index in [1.165, 1.54) is 0 Å². The van der Waals surface area contributed by atoms with Crippen LogP contribution < -0.4 is 0 Å². The Kier molecular flexibility index (Phi) is 4.48. The molecule has 9 heteroatoms. The Hall–Kier alpha value is -1.61. The van der Waals surface area contributed by atoms with Gasteiger partial charge in [-0.05, 0) is 24.5 Å². The Morgan fingerprint density at radius 1 is 1.23 bits per heavy atom. The Bertz CT molecular complexity index is 684. The van der Waals surface area contributed by atoms with Crippen molar-refractivity contribution in [3.8, 4) is 0 Å². The molecule has 2 unspecified atom stereocenters. The zero-order valence-electron chi connectivity index (χ0n) is 11.6. The number of rotatable bonds is 3. The lowest BCUT2D eigenvalue weighted by Crippen LogP contribution is -2.45. The number of halogens is 3. The van der Waals surface area contributed by atoms with E-state index in [1.54, 1.807) is 6.92 Å². The minimum Gasteiger partial charge on any atom is -0.481 e. The number of piperidine rings is 1. The van der Waals surface area contributed by atoms with Crippen LogP contribution in [0.5, 0.6) is 0 Å². The third-order valence-corrected chi connectivity index (χ3v) is 5.38. The van der Waals surface area contributed by atoms with E-state index >= 15 is 0 Å². The van der Waals surface area contributed by atoms with Gasteiger partial charge in [0.05, 0.1) is 10.8 Å². The van der Waals surface area contributed by atoms with Gasteiger partial charge in [-0.25, -0.2) is 21.6 Å². The van der Waals surface area contributed by atoms with E-state index in [2.05, 4.69) is 0 Å². The molecule has 122 valence electrons. The van der Waals surface area contributed by atoms with Crippen LogP contribution >= 0.6 is 0 Å². The predicted octanol–water partition coefficient (Wildman–Crippen LogP) is 1.84.